The number of hydrogen-bond donors (Lipinski definition) is 2. The zero-order valence-corrected chi connectivity index (χ0v) is 12.8. The maximum Gasteiger partial charge on any atom is 0.315 e. The van der Waals surface area contributed by atoms with Crippen LogP contribution in [-0.2, 0) is 11.3 Å². The molecule has 0 aromatic heterocycles. The second kappa shape index (κ2) is 6.61. The molecule has 1 fully saturated rings. The van der Waals surface area contributed by atoms with Gasteiger partial charge in [-0.3, -0.25) is 4.79 Å². The summed E-state index contributed by atoms with van der Waals surface area (Å²) in [6.07, 6.45) is 0.385. The number of likely N-dealkylation sites (tertiary alicyclic amines) is 1. The Balaban J connectivity index is 1.77. The van der Waals surface area contributed by atoms with E-state index in [1.165, 1.54) is 5.56 Å². The summed E-state index contributed by atoms with van der Waals surface area (Å²) < 4.78 is 0. The van der Waals surface area contributed by atoms with Gasteiger partial charge in [0.1, 0.15) is 0 Å². The van der Waals surface area contributed by atoms with Crippen molar-refractivity contribution in [1.29, 1.82) is 0 Å². The van der Waals surface area contributed by atoms with Gasteiger partial charge >= 0.3 is 6.03 Å². The van der Waals surface area contributed by atoms with Gasteiger partial charge in [-0.2, -0.15) is 0 Å². The predicted octanol–water partition coefficient (Wildman–Crippen LogP) is 1.80. The number of carbonyl (C=O) groups excluding carboxylic acids is 2. The maximum absolute atomic E-state index is 11.9. The number of urea groups is 1. The molecule has 1 atom stereocenters. The lowest BCUT2D eigenvalue weighted by atomic mass is 10.1. The van der Waals surface area contributed by atoms with E-state index in [-0.39, 0.29) is 24.0 Å². The molecule has 1 heterocycles. The first kappa shape index (κ1) is 15.4. The van der Waals surface area contributed by atoms with E-state index in [2.05, 4.69) is 10.6 Å². The highest BCUT2D eigenvalue weighted by molar-refractivity contribution is 5.81. The fraction of sp³-hybridized carbons (Fsp3) is 0.500. The maximum atomic E-state index is 11.9. The van der Waals surface area contributed by atoms with E-state index in [0.717, 1.165) is 5.56 Å². The van der Waals surface area contributed by atoms with E-state index in [4.69, 9.17) is 0 Å². The lowest BCUT2D eigenvalue weighted by Gasteiger charge is -2.21. The second-order valence-electron chi connectivity index (χ2n) is 5.85. The summed E-state index contributed by atoms with van der Waals surface area (Å²) in [5, 5.41) is 5.69. The fourth-order valence-corrected chi connectivity index (χ4v) is 2.45. The molecule has 114 valence electrons. The number of rotatable bonds is 4. The van der Waals surface area contributed by atoms with E-state index in [9.17, 15) is 9.59 Å². The first-order valence-corrected chi connectivity index (χ1v) is 7.35. The molecule has 21 heavy (non-hydrogen) atoms. The number of benzene rings is 1. The quantitative estimate of drug-likeness (QED) is 0.888. The summed E-state index contributed by atoms with van der Waals surface area (Å²) >= 11 is 0. The van der Waals surface area contributed by atoms with Crippen LogP contribution in [0.1, 0.15) is 31.4 Å². The molecule has 0 saturated carbocycles. The van der Waals surface area contributed by atoms with Gasteiger partial charge in [0.2, 0.25) is 5.91 Å². The van der Waals surface area contributed by atoms with Gasteiger partial charge in [0.25, 0.3) is 0 Å². The van der Waals surface area contributed by atoms with Crippen LogP contribution in [0.25, 0.3) is 0 Å². The molecule has 1 aromatic rings. The Morgan fingerprint density at radius 2 is 2.00 bits per heavy atom. The Labute approximate surface area is 125 Å². The van der Waals surface area contributed by atoms with Crippen molar-refractivity contribution >= 4 is 11.9 Å². The molecule has 2 N–H and O–H groups in total. The van der Waals surface area contributed by atoms with Crippen LogP contribution in [0.3, 0.4) is 0 Å². The summed E-state index contributed by atoms with van der Waals surface area (Å²) in [7, 11) is 0. The van der Waals surface area contributed by atoms with Crippen molar-refractivity contribution in [2.75, 3.05) is 6.54 Å². The summed E-state index contributed by atoms with van der Waals surface area (Å²) in [6, 6.07) is 7.89. The average Bonchev–Trinajstić information content (AvgIpc) is 2.79. The molecule has 0 radical (unpaired) electrons. The standard InChI is InChI=1S/C16H23N3O2/c1-11(2)19-10-14(8-15(19)20)18-16(21)17-9-13-6-4-12(3)5-7-13/h4-7,11,14H,8-10H2,1-3H3,(H2,17,18,21). The monoisotopic (exact) mass is 289 g/mol. The lowest BCUT2D eigenvalue weighted by Crippen LogP contribution is -2.43. The van der Waals surface area contributed by atoms with Gasteiger partial charge in [-0.05, 0) is 26.3 Å². The van der Waals surface area contributed by atoms with Crippen LogP contribution in [0, 0.1) is 6.92 Å². The summed E-state index contributed by atoms with van der Waals surface area (Å²) in [5.41, 5.74) is 2.25. The smallest absolute Gasteiger partial charge is 0.315 e. The molecular weight excluding hydrogens is 266 g/mol. The van der Waals surface area contributed by atoms with E-state index in [0.29, 0.717) is 19.5 Å². The van der Waals surface area contributed by atoms with Gasteiger partial charge in [-0.1, -0.05) is 29.8 Å². The van der Waals surface area contributed by atoms with Crippen LogP contribution in [0.15, 0.2) is 24.3 Å². The van der Waals surface area contributed by atoms with Crippen molar-refractivity contribution in [3.8, 4) is 0 Å². The third-order valence-corrected chi connectivity index (χ3v) is 3.69. The zero-order valence-electron chi connectivity index (χ0n) is 12.8. The van der Waals surface area contributed by atoms with Gasteiger partial charge in [0, 0.05) is 25.6 Å². The third-order valence-electron chi connectivity index (χ3n) is 3.69. The van der Waals surface area contributed by atoms with E-state index in [1.807, 2.05) is 45.0 Å². The number of aryl methyl sites for hydroxylation is 1. The van der Waals surface area contributed by atoms with Gasteiger partial charge in [0.15, 0.2) is 0 Å². The fourth-order valence-electron chi connectivity index (χ4n) is 2.45. The Kier molecular flexibility index (Phi) is 4.83. The molecule has 1 aromatic carbocycles. The van der Waals surface area contributed by atoms with E-state index < -0.39 is 0 Å². The molecular formula is C16H23N3O2. The first-order valence-electron chi connectivity index (χ1n) is 7.35. The van der Waals surface area contributed by atoms with Crippen molar-refractivity contribution in [3.05, 3.63) is 35.4 Å². The summed E-state index contributed by atoms with van der Waals surface area (Å²) in [6.45, 7) is 7.08. The molecule has 2 rings (SSSR count). The minimum atomic E-state index is -0.223. The Morgan fingerprint density at radius 1 is 1.33 bits per heavy atom. The Morgan fingerprint density at radius 3 is 2.57 bits per heavy atom. The highest BCUT2D eigenvalue weighted by Gasteiger charge is 2.31. The first-order chi connectivity index (χ1) is 9.95. The molecule has 1 aliphatic rings. The third kappa shape index (κ3) is 4.21. The molecule has 1 aliphatic heterocycles. The normalized spacial score (nSPS) is 18.2. The van der Waals surface area contributed by atoms with Crippen molar-refractivity contribution < 1.29 is 9.59 Å². The number of amides is 3. The van der Waals surface area contributed by atoms with Crippen molar-refractivity contribution in [2.24, 2.45) is 0 Å². The van der Waals surface area contributed by atoms with Crippen LogP contribution in [0.2, 0.25) is 0 Å². The molecule has 0 spiro atoms. The van der Waals surface area contributed by atoms with Gasteiger partial charge in [0.05, 0.1) is 6.04 Å². The number of nitrogens with zero attached hydrogens (tertiary/aromatic N) is 1. The number of carbonyl (C=O) groups is 2. The topological polar surface area (TPSA) is 61.4 Å². The lowest BCUT2D eigenvalue weighted by molar-refractivity contribution is -0.129. The van der Waals surface area contributed by atoms with Crippen LogP contribution < -0.4 is 10.6 Å². The molecule has 5 nitrogen and oxygen atoms in total. The molecule has 1 saturated heterocycles. The van der Waals surface area contributed by atoms with Gasteiger partial charge < -0.3 is 15.5 Å². The average molecular weight is 289 g/mol. The molecule has 0 aliphatic carbocycles. The summed E-state index contributed by atoms with van der Waals surface area (Å²) in [4.78, 5) is 25.4. The van der Waals surface area contributed by atoms with Crippen molar-refractivity contribution in [2.45, 2.75) is 45.8 Å². The predicted molar refractivity (Wildman–Crippen MR) is 81.8 cm³/mol. The van der Waals surface area contributed by atoms with E-state index in [1.54, 1.807) is 4.90 Å². The van der Waals surface area contributed by atoms with Crippen molar-refractivity contribution in [3.63, 3.8) is 0 Å². The Hall–Kier alpha value is -2.04. The molecule has 5 heteroatoms. The molecule has 3 amide bonds. The molecule has 0 bridgehead atoms. The molecule has 1 unspecified atom stereocenters. The highest BCUT2D eigenvalue weighted by Crippen LogP contribution is 2.14. The number of nitrogens with one attached hydrogen (secondary N) is 2. The van der Waals surface area contributed by atoms with Crippen LogP contribution in [0.5, 0.6) is 0 Å². The highest BCUT2D eigenvalue weighted by atomic mass is 16.2. The summed E-state index contributed by atoms with van der Waals surface area (Å²) in [5.74, 6) is 0.105. The minimum absolute atomic E-state index is 0.0992. The van der Waals surface area contributed by atoms with Gasteiger partial charge in [-0.15, -0.1) is 0 Å². The second-order valence-corrected chi connectivity index (χ2v) is 5.85. The van der Waals surface area contributed by atoms with Crippen LogP contribution in [0.4, 0.5) is 4.79 Å². The zero-order chi connectivity index (χ0) is 15.4. The number of hydrogen-bond acceptors (Lipinski definition) is 2. The van der Waals surface area contributed by atoms with Gasteiger partial charge in [-0.25, -0.2) is 4.79 Å². The van der Waals surface area contributed by atoms with Crippen LogP contribution in [-0.4, -0.2) is 35.5 Å². The van der Waals surface area contributed by atoms with E-state index >= 15 is 0 Å². The van der Waals surface area contributed by atoms with Crippen LogP contribution >= 0.6 is 0 Å². The Bertz CT molecular complexity index is 511. The largest absolute Gasteiger partial charge is 0.338 e. The van der Waals surface area contributed by atoms with Crippen molar-refractivity contribution in [1.82, 2.24) is 15.5 Å². The SMILES string of the molecule is Cc1ccc(CNC(=O)NC2CC(=O)N(C(C)C)C2)cc1. The minimum Gasteiger partial charge on any atom is -0.338 e.